The summed E-state index contributed by atoms with van der Waals surface area (Å²) in [6.45, 7) is 6.26. The van der Waals surface area contributed by atoms with Crippen LogP contribution in [0.4, 0.5) is 11.4 Å². The van der Waals surface area contributed by atoms with E-state index in [4.69, 9.17) is 4.74 Å². The number of benzene rings is 2. The maximum absolute atomic E-state index is 12.5. The Morgan fingerprint density at radius 3 is 2.38 bits per heavy atom. The number of hydrogen-bond acceptors (Lipinski definition) is 5. The Hall–Kier alpha value is -3.68. The van der Waals surface area contributed by atoms with Gasteiger partial charge in [-0.15, -0.1) is 0 Å². The van der Waals surface area contributed by atoms with Gasteiger partial charge in [0.05, 0.1) is 18.1 Å². The molecule has 1 unspecified atom stereocenters. The van der Waals surface area contributed by atoms with Crippen molar-refractivity contribution in [2.24, 2.45) is 5.92 Å². The molecule has 1 fully saturated rings. The first-order valence-electron chi connectivity index (χ1n) is 10.6. The van der Waals surface area contributed by atoms with E-state index < -0.39 is 5.97 Å². The summed E-state index contributed by atoms with van der Waals surface area (Å²) in [7, 11) is 0. The first-order valence-corrected chi connectivity index (χ1v) is 10.6. The minimum atomic E-state index is -0.454. The predicted molar refractivity (Wildman–Crippen MR) is 120 cm³/mol. The van der Waals surface area contributed by atoms with Crippen molar-refractivity contribution in [3.63, 3.8) is 0 Å². The highest BCUT2D eigenvalue weighted by Gasteiger charge is 2.35. The van der Waals surface area contributed by atoms with Gasteiger partial charge in [-0.3, -0.25) is 14.4 Å². The maximum Gasteiger partial charge on any atom is 0.338 e. The fourth-order valence-electron chi connectivity index (χ4n) is 3.50. The molecule has 168 valence electrons. The van der Waals surface area contributed by atoms with Crippen LogP contribution < -0.4 is 10.6 Å². The molecule has 0 radical (unpaired) electrons. The van der Waals surface area contributed by atoms with Crippen molar-refractivity contribution in [1.82, 2.24) is 4.90 Å². The van der Waals surface area contributed by atoms with Gasteiger partial charge in [0.2, 0.25) is 11.8 Å². The molecular weight excluding hydrogens is 410 g/mol. The highest BCUT2D eigenvalue weighted by Crippen LogP contribution is 2.22. The summed E-state index contributed by atoms with van der Waals surface area (Å²) in [4.78, 5) is 50.6. The quantitative estimate of drug-likeness (QED) is 0.647. The number of ether oxygens (including phenoxy) is 1. The van der Waals surface area contributed by atoms with Crippen LogP contribution in [0.5, 0.6) is 0 Å². The topological polar surface area (TPSA) is 105 Å². The number of anilines is 2. The van der Waals surface area contributed by atoms with Crippen LogP contribution in [0.25, 0.3) is 0 Å². The molecule has 0 aromatic heterocycles. The molecule has 3 amide bonds. The van der Waals surface area contributed by atoms with Crippen molar-refractivity contribution in [1.29, 1.82) is 0 Å². The molecule has 1 heterocycles. The van der Waals surface area contributed by atoms with Gasteiger partial charge in [-0.1, -0.05) is 6.07 Å². The lowest BCUT2D eigenvalue weighted by atomic mass is 10.1. The molecule has 1 aliphatic rings. The van der Waals surface area contributed by atoms with Crippen LogP contribution in [0.1, 0.15) is 47.9 Å². The molecule has 2 aromatic rings. The Bertz CT molecular complexity index is 1020. The van der Waals surface area contributed by atoms with E-state index in [1.807, 2.05) is 13.8 Å². The molecule has 3 rings (SSSR count). The van der Waals surface area contributed by atoms with Crippen LogP contribution >= 0.6 is 0 Å². The fourth-order valence-corrected chi connectivity index (χ4v) is 3.50. The van der Waals surface area contributed by atoms with Gasteiger partial charge in [0, 0.05) is 35.9 Å². The first kappa shape index (κ1) is 23.0. The van der Waals surface area contributed by atoms with Crippen LogP contribution in [-0.2, 0) is 14.3 Å². The number of carbonyl (C=O) groups is 4. The van der Waals surface area contributed by atoms with Crippen LogP contribution in [0.3, 0.4) is 0 Å². The van der Waals surface area contributed by atoms with Crippen LogP contribution in [-0.4, -0.2) is 47.8 Å². The number of rotatable bonds is 7. The molecule has 0 spiro atoms. The molecule has 32 heavy (non-hydrogen) atoms. The number of esters is 1. The number of hydrogen-bond donors (Lipinski definition) is 2. The van der Waals surface area contributed by atoms with Crippen molar-refractivity contribution >= 4 is 35.1 Å². The Morgan fingerprint density at radius 1 is 1.03 bits per heavy atom. The predicted octanol–water partition coefficient (Wildman–Crippen LogP) is 3.31. The standard InChI is InChI=1S/C24H27N3O5/c1-4-32-24(31)17-6-5-7-20(12-17)26-22(29)16-8-10-19(11-9-16)25-23(30)18-13-21(28)27(14-18)15(2)3/h5-12,15,18H,4,13-14H2,1-3H3,(H,25,30)(H,26,29). The van der Waals surface area contributed by atoms with E-state index in [9.17, 15) is 19.2 Å². The smallest absolute Gasteiger partial charge is 0.338 e. The van der Waals surface area contributed by atoms with Crippen molar-refractivity contribution in [3.8, 4) is 0 Å². The monoisotopic (exact) mass is 437 g/mol. The second kappa shape index (κ2) is 10.1. The minimum absolute atomic E-state index is 0.0146. The second-order valence-corrected chi connectivity index (χ2v) is 7.86. The molecule has 0 bridgehead atoms. The second-order valence-electron chi connectivity index (χ2n) is 7.86. The molecule has 2 N–H and O–H groups in total. The van der Waals surface area contributed by atoms with E-state index in [2.05, 4.69) is 10.6 Å². The zero-order chi connectivity index (χ0) is 23.3. The van der Waals surface area contributed by atoms with Crippen molar-refractivity contribution in [2.45, 2.75) is 33.2 Å². The summed E-state index contributed by atoms with van der Waals surface area (Å²) in [5, 5.41) is 5.55. The summed E-state index contributed by atoms with van der Waals surface area (Å²) in [6.07, 6.45) is 0.204. The fraction of sp³-hybridized carbons (Fsp3) is 0.333. The number of carbonyl (C=O) groups excluding carboxylic acids is 4. The SMILES string of the molecule is CCOC(=O)c1cccc(NC(=O)c2ccc(NC(=O)C3CC(=O)N(C(C)C)C3)cc2)c1. The van der Waals surface area contributed by atoms with Gasteiger partial charge < -0.3 is 20.3 Å². The Labute approximate surface area is 186 Å². The average Bonchev–Trinajstić information content (AvgIpc) is 3.17. The molecule has 8 heteroatoms. The van der Waals surface area contributed by atoms with Gasteiger partial charge in [0.25, 0.3) is 5.91 Å². The molecule has 0 aliphatic carbocycles. The van der Waals surface area contributed by atoms with E-state index in [1.165, 1.54) is 0 Å². The normalized spacial score (nSPS) is 15.6. The third kappa shape index (κ3) is 5.51. The Balaban J connectivity index is 1.59. The number of nitrogens with zero attached hydrogens (tertiary/aromatic N) is 1. The van der Waals surface area contributed by atoms with Gasteiger partial charge in [0.1, 0.15) is 0 Å². The van der Waals surface area contributed by atoms with E-state index in [1.54, 1.807) is 60.4 Å². The maximum atomic E-state index is 12.5. The molecule has 1 atom stereocenters. The summed E-state index contributed by atoms with van der Waals surface area (Å²) in [6, 6.07) is 13.0. The average molecular weight is 437 g/mol. The molecule has 1 saturated heterocycles. The van der Waals surface area contributed by atoms with Crippen LogP contribution in [0, 0.1) is 5.92 Å². The summed E-state index contributed by atoms with van der Waals surface area (Å²) >= 11 is 0. The highest BCUT2D eigenvalue weighted by atomic mass is 16.5. The van der Waals surface area contributed by atoms with Gasteiger partial charge in [-0.2, -0.15) is 0 Å². The molecule has 8 nitrogen and oxygen atoms in total. The third-order valence-electron chi connectivity index (χ3n) is 5.20. The zero-order valence-corrected chi connectivity index (χ0v) is 18.4. The van der Waals surface area contributed by atoms with Crippen molar-refractivity contribution < 1.29 is 23.9 Å². The van der Waals surface area contributed by atoms with Gasteiger partial charge >= 0.3 is 5.97 Å². The Morgan fingerprint density at radius 2 is 1.75 bits per heavy atom. The molecule has 1 aliphatic heterocycles. The van der Waals surface area contributed by atoms with Gasteiger partial charge in [-0.05, 0) is 63.2 Å². The lowest BCUT2D eigenvalue weighted by Crippen LogP contribution is -2.33. The largest absolute Gasteiger partial charge is 0.462 e. The number of nitrogens with one attached hydrogen (secondary N) is 2. The minimum Gasteiger partial charge on any atom is -0.462 e. The van der Waals surface area contributed by atoms with E-state index in [0.29, 0.717) is 29.0 Å². The van der Waals surface area contributed by atoms with Gasteiger partial charge in [0.15, 0.2) is 0 Å². The summed E-state index contributed by atoms with van der Waals surface area (Å²) in [5.74, 6) is -1.42. The van der Waals surface area contributed by atoms with E-state index in [-0.39, 0.29) is 42.7 Å². The van der Waals surface area contributed by atoms with Crippen molar-refractivity contribution in [2.75, 3.05) is 23.8 Å². The third-order valence-corrected chi connectivity index (χ3v) is 5.20. The van der Waals surface area contributed by atoms with Crippen LogP contribution in [0.15, 0.2) is 48.5 Å². The molecule has 2 aromatic carbocycles. The number of likely N-dealkylation sites (tertiary alicyclic amines) is 1. The highest BCUT2D eigenvalue weighted by molar-refractivity contribution is 6.05. The molecular formula is C24H27N3O5. The van der Waals surface area contributed by atoms with E-state index >= 15 is 0 Å². The Kier molecular flexibility index (Phi) is 7.25. The summed E-state index contributed by atoms with van der Waals surface area (Å²) in [5.41, 5.74) is 1.76. The van der Waals surface area contributed by atoms with Crippen molar-refractivity contribution in [3.05, 3.63) is 59.7 Å². The molecule has 0 saturated carbocycles. The lowest BCUT2D eigenvalue weighted by Gasteiger charge is -2.20. The summed E-state index contributed by atoms with van der Waals surface area (Å²) < 4.78 is 4.97. The first-order chi connectivity index (χ1) is 15.3. The number of amides is 3. The lowest BCUT2D eigenvalue weighted by molar-refractivity contribution is -0.129. The van der Waals surface area contributed by atoms with Gasteiger partial charge in [-0.25, -0.2) is 4.79 Å². The zero-order valence-electron chi connectivity index (χ0n) is 18.4. The van der Waals surface area contributed by atoms with E-state index in [0.717, 1.165) is 0 Å². The van der Waals surface area contributed by atoms with Crippen LogP contribution in [0.2, 0.25) is 0 Å².